The monoisotopic (exact) mass is 646 g/mol. The summed E-state index contributed by atoms with van der Waals surface area (Å²) in [6, 6.07) is 22.7. The molecule has 0 unspecified atom stereocenters. The molecule has 1 saturated carbocycles. The van der Waals surface area contributed by atoms with E-state index >= 15 is 0 Å². The van der Waals surface area contributed by atoms with E-state index in [4.69, 9.17) is 0 Å². The average Bonchev–Trinajstić information content (AvgIpc) is 2.98. The molecule has 0 radical (unpaired) electrons. The van der Waals surface area contributed by atoms with Crippen molar-refractivity contribution in [3.05, 3.63) is 140 Å². The molecule has 0 heterocycles. The van der Waals surface area contributed by atoms with E-state index in [0.717, 1.165) is 89.7 Å². The summed E-state index contributed by atoms with van der Waals surface area (Å²) < 4.78 is 0. The molecular weight excluding hydrogens is 596 g/mol. The van der Waals surface area contributed by atoms with E-state index in [1.807, 2.05) is 104 Å². The van der Waals surface area contributed by atoms with Crippen LogP contribution in [-0.2, 0) is 9.59 Å². The number of carbonyl (C=O) groups excluding carboxylic acids is 2. The number of aryl methyl sites for hydroxylation is 8. The van der Waals surface area contributed by atoms with Crippen molar-refractivity contribution in [3.63, 3.8) is 0 Å². The number of benzene rings is 4. The van der Waals surface area contributed by atoms with Gasteiger partial charge in [0, 0.05) is 0 Å². The molecule has 0 spiro atoms. The first-order valence-corrected chi connectivity index (χ1v) is 17.1. The van der Waals surface area contributed by atoms with Gasteiger partial charge in [0.05, 0.1) is 23.9 Å². The normalized spacial score (nSPS) is 16.3. The van der Waals surface area contributed by atoms with Crippen molar-refractivity contribution in [1.29, 1.82) is 0 Å². The Balaban J connectivity index is 1.53. The van der Waals surface area contributed by atoms with Gasteiger partial charge in [-0.1, -0.05) is 130 Å². The lowest BCUT2D eigenvalue weighted by Gasteiger charge is -2.41. The van der Waals surface area contributed by atoms with E-state index in [1.54, 1.807) is 0 Å². The molecule has 4 aromatic carbocycles. The number of hydrogen-bond donors (Lipinski definition) is 2. The van der Waals surface area contributed by atoms with Gasteiger partial charge in [0.1, 0.15) is 0 Å². The van der Waals surface area contributed by atoms with Gasteiger partial charge in [-0.25, -0.2) is 10.1 Å². The summed E-state index contributed by atoms with van der Waals surface area (Å²) in [6.45, 7) is 16.0. The highest BCUT2D eigenvalue weighted by Crippen LogP contribution is 2.36. The number of amides is 2. The number of hydrogen-bond acceptors (Lipinski definition) is 4. The molecule has 0 aromatic heterocycles. The molecule has 6 nitrogen and oxygen atoms in total. The lowest BCUT2D eigenvalue weighted by atomic mass is 9.84. The fraction of sp³-hybridized carbons (Fsp3) is 0.381. The Kier molecular flexibility index (Phi) is 10.6. The zero-order valence-electron chi connectivity index (χ0n) is 29.7. The number of nitrogens with zero attached hydrogens (tertiary/aromatic N) is 2. The smallest absolute Gasteiger partial charge is 0.258 e. The van der Waals surface area contributed by atoms with Crippen LogP contribution < -0.4 is 0 Å². The van der Waals surface area contributed by atoms with Crippen molar-refractivity contribution >= 4 is 11.8 Å². The maximum atomic E-state index is 14.5. The molecule has 1 fully saturated rings. The van der Waals surface area contributed by atoms with Crippen molar-refractivity contribution < 1.29 is 20.0 Å². The Morgan fingerprint density at radius 1 is 0.458 bits per heavy atom. The van der Waals surface area contributed by atoms with Crippen molar-refractivity contribution in [2.24, 2.45) is 0 Å². The topological polar surface area (TPSA) is 81.1 Å². The van der Waals surface area contributed by atoms with E-state index in [-0.39, 0.29) is 0 Å². The predicted octanol–water partition coefficient (Wildman–Crippen LogP) is 8.86. The third kappa shape index (κ3) is 7.72. The first-order chi connectivity index (χ1) is 22.7. The van der Waals surface area contributed by atoms with Gasteiger partial charge in [0.25, 0.3) is 11.8 Å². The minimum absolute atomic E-state index is 0.460. The highest BCUT2D eigenvalue weighted by molar-refractivity contribution is 5.88. The first kappa shape index (κ1) is 35.1. The third-order valence-electron chi connectivity index (χ3n) is 9.58. The molecule has 1 aliphatic carbocycles. The summed E-state index contributed by atoms with van der Waals surface area (Å²) in [5.74, 6) is -2.45. The maximum Gasteiger partial charge on any atom is 0.258 e. The van der Waals surface area contributed by atoms with Gasteiger partial charge in [0.15, 0.2) is 0 Å². The van der Waals surface area contributed by atoms with Gasteiger partial charge in [0.2, 0.25) is 0 Å². The van der Waals surface area contributed by atoms with Crippen molar-refractivity contribution in [3.8, 4) is 0 Å². The molecular formula is C42H50N2O4. The van der Waals surface area contributed by atoms with Gasteiger partial charge in [-0.2, -0.15) is 0 Å². The van der Waals surface area contributed by atoms with E-state index in [0.29, 0.717) is 12.8 Å². The maximum absolute atomic E-state index is 14.5. The van der Waals surface area contributed by atoms with Gasteiger partial charge >= 0.3 is 0 Å². The summed E-state index contributed by atoms with van der Waals surface area (Å²) in [5, 5.41) is 25.4. The molecule has 4 aromatic rings. The summed E-state index contributed by atoms with van der Waals surface area (Å²) in [5.41, 5.74) is 11.5. The van der Waals surface area contributed by atoms with Crippen LogP contribution in [0.1, 0.15) is 104 Å². The SMILES string of the molecule is Cc1cc(C)cc(C(C(=O)N(O)[C@@H]2CCCC[C@H]2N(O)C(=O)C(c2cc(C)cc(C)c2)c2cc(C)cc(C)c2)c2cc(C)cc(C)c2)c1. The molecule has 5 rings (SSSR count). The lowest BCUT2D eigenvalue weighted by molar-refractivity contribution is -0.213. The third-order valence-corrected chi connectivity index (χ3v) is 9.58. The van der Waals surface area contributed by atoms with Crippen LogP contribution in [0.15, 0.2) is 72.8 Å². The van der Waals surface area contributed by atoms with Crippen LogP contribution in [0.4, 0.5) is 0 Å². The Hall–Kier alpha value is -4.26. The minimum Gasteiger partial charge on any atom is -0.286 e. The summed E-state index contributed by atoms with van der Waals surface area (Å²) in [7, 11) is 0. The molecule has 1 aliphatic rings. The largest absolute Gasteiger partial charge is 0.286 e. The van der Waals surface area contributed by atoms with Crippen LogP contribution in [0.25, 0.3) is 0 Å². The van der Waals surface area contributed by atoms with Crippen LogP contribution in [0.5, 0.6) is 0 Å². The molecule has 2 atom stereocenters. The zero-order chi connectivity index (χ0) is 34.9. The molecule has 252 valence electrons. The standard InChI is InChI=1S/C42H50N2O4/c1-25-13-26(2)18-33(17-25)39(34-19-27(3)14-28(4)20-34)41(45)43(47)37-11-9-10-12-38(37)44(48)42(46)40(35-21-29(5)15-30(6)22-35)36-23-31(7)16-32(8)24-36/h13-24,37-40,47-48H,9-12H2,1-8H3/t37-,38-/m1/s1. The highest BCUT2D eigenvalue weighted by Gasteiger charge is 2.42. The fourth-order valence-electron chi connectivity index (χ4n) is 7.92. The van der Waals surface area contributed by atoms with Crippen molar-refractivity contribution in [2.75, 3.05) is 0 Å². The van der Waals surface area contributed by atoms with Crippen LogP contribution in [0, 0.1) is 55.4 Å². The Morgan fingerprint density at radius 3 is 0.875 bits per heavy atom. The molecule has 2 N–H and O–H groups in total. The molecule has 6 heteroatoms. The Bertz CT molecular complexity index is 1510. The van der Waals surface area contributed by atoms with Gasteiger partial charge in [-0.15, -0.1) is 0 Å². The highest BCUT2D eigenvalue weighted by atomic mass is 16.5. The van der Waals surface area contributed by atoms with Crippen LogP contribution in [-0.4, -0.2) is 44.4 Å². The van der Waals surface area contributed by atoms with Crippen LogP contribution in [0.2, 0.25) is 0 Å². The molecule has 2 amide bonds. The Labute approximate surface area is 286 Å². The number of rotatable bonds is 8. The summed E-state index contributed by atoms with van der Waals surface area (Å²) in [6.07, 6.45) is 2.45. The fourth-order valence-corrected chi connectivity index (χ4v) is 7.92. The van der Waals surface area contributed by atoms with Gasteiger partial charge in [-0.05, 0) is 90.5 Å². The first-order valence-electron chi connectivity index (χ1n) is 17.1. The number of carbonyl (C=O) groups is 2. The van der Waals surface area contributed by atoms with E-state index in [1.165, 1.54) is 0 Å². The molecule has 0 saturated heterocycles. The van der Waals surface area contributed by atoms with Crippen LogP contribution >= 0.6 is 0 Å². The lowest BCUT2D eigenvalue weighted by Crippen LogP contribution is -2.56. The molecule has 0 aliphatic heterocycles. The second-order valence-electron chi connectivity index (χ2n) is 14.3. The van der Waals surface area contributed by atoms with Crippen molar-refractivity contribution in [2.45, 2.75) is 105 Å². The summed E-state index contributed by atoms with van der Waals surface area (Å²) in [4.78, 5) is 29.1. The van der Waals surface area contributed by atoms with E-state index in [9.17, 15) is 20.0 Å². The second-order valence-corrected chi connectivity index (χ2v) is 14.3. The van der Waals surface area contributed by atoms with E-state index in [2.05, 4.69) is 24.3 Å². The van der Waals surface area contributed by atoms with Crippen molar-refractivity contribution in [1.82, 2.24) is 10.1 Å². The van der Waals surface area contributed by atoms with E-state index < -0.39 is 35.7 Å². The summed E-state index contributed by atoms with van der Waals surface area (Å²) >= 11 is 0. The molecule has 0 bridgehead atoms. The predicted molar refractivity (Wildman–Crippen MR) is 191 cm³/mol. The minimum atomic E-state index is -0.779. The zero-order valence-corrected chi connectivity index (χ0v) is 29.7. The Morgan fingerprint density at radius 2 is 0.667 bits per heavy atom. The second kappa shape index (κ2) is 14.5. The average molecular weight is 647 g/mol. The van der Waals surface area contributed by atoms with Gasteiger partial charge < -0.3 is 0 Å². The quantitative estimate of drug-likeness (QED) is 0.148. The van der Waals surface area contributed by atoms with Crippen LogP contribution in [0.3, 0.4) is 0 Å². The van der Waals surface area contributed by atoms with Gasteiger partial charge in [-0.3, -0.25) is 20.0 Å². The molecule has 48 heavy (non-hydrogen) atoms. The number of hydroxylamine groups is 4.